The highest BCUT2D eigenvalue weighted by atomic mass is 16.6. The maximum Gasteiger partial charge on any atom is 0.211 e. The van der Waals surface area contributed by atoms with E-state index in [1.807, 2.05) is 6.92 Å². The highest BCUT2D eigenvalue weighted by Crippen LogP contribution is 2.54. The third-order valence-electron chi connectivity index (χ3n) is 4.36. The fourth-order valence-corrected chi connectivity index (χ4v) is 2.81. The monoisotopic (exact) mass is 202 g/mol. The molecule has 0 unspecified atom stereocenters. The summed E-state index contributed by atoms with van der Waals surface area (Å²) in [7, 11) is 1.70. The fraction of sp³-hybridized carbons (Fsp3) is 1.00. The lowest BCUT2D eigenvalue weighted by Crippen LogP contribution is -2.48. The summed E-state index contributed by atoms with van der Waals surface area (Å²) in [5.74, 6) is 0. The molecule has 1 N–H and O–H groups in total. The first-order chi connectivity index (χ1) is 6.99. The summed E-state index contributed by atoms with van der Waals surface area (Å²) in [6.45, 7) is 6.28. The summed E-state index contributed by atoms with van der Waals surface area (Å²) in [4.78, 5) is 0. The fourth-order valence-electron chi connectivity index (χ4n) is 2.81. The van der Waals surface area contributed by atoms with Gasteiger partial charge in [-0.05, 0) is 19.8 Å². The zero-order valence-corrected chi connectivity index (χ0v) is 9.37. The number of aliphatic hydroxyl groups is 1. The van der Waals surface area contributed by atoms with Crippen molar-refractivity contribution in [1.29, 1.82) is 1.43 Å². The molecule has 14 heavy (non-hydrogen) atoms. The highest BCUT2D eigenvalue weighted by molar-refractivity contribution is 5.13. The van der Waals surface area contributed by atoms with Gasteiger partial charge in [0.15, 0.2) is 0 Å². The van der Waals surface area contributed by atoms with Gasteiger partial charge in [-0.2, -0.15) is 0 Å². The van der Waals surface area contributed by atoms with Crippen LogP contribution in [-0.4, -0.2) is 37.6 Å². The molecule has 3 heteroatoms. The van der Waals surface area contributed by atoms with Gasteiger partial charge in [0.05, 0.1) is 12.2 Å². The number of hydrogen-bond donors (Lipinski definition) is 1. The van der Waals surface area contributed by atoms with Crippen molar-refractivity contribution in [3.8, 4) is 0 Å². The average molecular weight is 202 g/mol. The number of ether oxygens (including phenoxy) is 2. The van der Waals surface area contributed by atoms with Gasteiger partial charge in [0, 0.05) is 12.5 Å². The molecular weight excluding hydrogens is 180 g/mol. The molecule has 0 aromatic heterocycles. The van der Waals surface area contributed by atoms with Crippen molar-refractivity contribution in [2.45, 2.75) is 57.5 Å². The molecule has 4 atom stereocenters. The van der Waals surface area contributed by atoms with Crippen LogP contribution in [0.1, 0.15) is 33.6 Å². The van der Waals surface area contributed by atoms with Crippen LogP contribution in [0.25, 0.3) is 0 Å². The lowest BCUT2D eigenvalue weighted by Gasteiger charge is -2.36. The van der Waals surface area contributed by atoms with E-state index in [1.54, 1.807) is 7.11 Å². The Balaban J connectivity index is 2.35. The maximum atomic E-state index is 7.39. The number of fused-ring (bicyclic) bond motifs is 1. The Bertz CT molecular complexity index is 256. The van der Waals surface area contributed by atoms with Crippen LogP contribution in [0.15, 0.2) is 0 Å². The Hall–Kier alpha value is -0.120. The van der Waals surface area contributed by atoms with Crippen LogP contribution in [0.4, 0.5) is 0 Å². The molecule has 1 saturated heterocycles. The Kier molecular flexibility index (Phi) is 1.92. The van der Waals surface area contributed by atoms with Crippen LogP contribution in [0.2, 0.25) is 0 Å². The molecule has 2 aliphatic rings. The van der Waals surface area contributed by atoms with E-state index < -0.39 is 5.60 Å². The molecule has 0 aromatic carbocycles. The molecule has 2 fully saturated rings. The standard InChI is InChI=1S/C11H20O3/c1-7-10(2,3)11(12)6-5-8(13-4)9(11)14-7/h7-9,12H,5-6H2,1-4H3/t7-,8+,9-,11-/m0/s1/i12T. The van der Waals surface area contributed by atoms with Crippen molar-refractivity contribution < 1.29 is 14.6 Å². The average Bonchev–Trinajstić information content (AvgIpc) is 2.64. The zero-order valence-electron chi connectivity index (χ0n) is 10.4. The Morgan fingerprint density at radius 1 is 1.57 bits per heavy atom. The summed E-state index contributed by atoms with van der Waals surface area (Å²) in [5.41, 5.74) is -0.625. The van der Waals surface area contributed by atoms with Crippen molar-refractivity contribution >= 4 is 0 Å². The van der Waals surface area contributed by atoms with Crippen LogP contribution in [0.5, 0.6) is 0 Å². The van der Waals surface area contributed by atoms with Crippen molar-refractivity contribution in [1.82, 2.24) is 0 Å². The predicted molar refractivity (Wildman–Crippen MR) is 53.1 cm³/mol. The molecule has 82 valence electrons. The molecule has 0 aromatic rings. The van der Waals surface area contributed by atoms with E-state index in [0.29, 0.717) is 0 Å². The third-order valence-corrected chi connectivity index (χ3v) is 4.36. The minimum absolute atomic E-state index is 0.0691. The summed E-state index contributed by atoms with van der Waals surface area (Å²) in [6.07, 6.45) is 1.84. The Labute approximate surface area is 86.9 Å². The summed E-state index contributed by atoms with van der Waals surface area (Å²) >= 11 is 0. The van der Waals surface area contributed by atoms with Gasteiger partial charge in [0.1, 0.15) is 11.7 Å². The van der Waals surface area contributed by atoms with E-state index >= 15 is 0 Å². The smallest absolute Gasteiger partial charge is 0.211 e. The lowest BCUT2D eigenvalue weighted by molar-refractivity contribution is -0.0884. The van der Waals surface area contributed by atoms with E-state index in [0.717, 1.165) is 12.8 Å². The molecule has 2 rings (SSSR count). The van der Waals surface area contributed by atoms with Gasteiger partial charge in [0.2, 0.25) is 1.43 Å². The number of methoxy groups -OCH3 is 1. The molecule has 1 heterocycles. The molecule has 3 nitrogen and oxygen atoms in total. The van der Waals surface area contributed by atoms with Crippen LogP contribution < -0.4 is 0 Å². The second kappa shape index (κ2) is 2.94. The van der Waals surface area contributed by atoms with Gasteiger partial charge in [0.25, 0.3) is 0 Å². The van der Waals surface area contributed by atoms with Crippen molar-refractivity contribution in [3.05, 3.63) is 0 Å². The van der Waals surface area contributed by atoms with Crippen molar-refractivity contribution in [2.24, 2.45) is 5.41 Å². The summed E-state index contributed by atoms with van der Waals surface area (Å²) in [6, 6.07) is 0. The number of hydrogen-bond acceptors (Lipinski definition) is 3. The molecule has 1 aliphatic carbocycles. The Morgan fingerprint density at radius 3 is 2.86 bits per heavy atom. The first kappa shape index (κ1) is 9.13. The van der Waals surface area contributed by atoms with Crippen LogP contribution in [0, 0.1) is 5.41 Å². The first-order valence-electron chi connectivity index (χ1n) is 5.73. The van der Waals surface area contributed by atoms with Crippen molar-refractivity contribution in [2.75, 3.05) is 7.11 Å². The minimum Gasteiger partial charge on any atom is -0.386 e. The largest absolute Gasteiger partial charge is 0.386 e. The Morgan fingerprint density at radius 2 is 2.29 bits per heavy atom. The van der Waals surface area contributed by atoms with Gasteiger partial charge in [-0.3, -0.25) is 0 Å². The van der Waals surface area contributed by atoms with Crippen LogP contribution in [-0.2, 0) is 9.47 Å². The van der Waals surface area contributed by atoms with E-state index in [9.17, 15) is 0 Å². The van der Waals surface area contributed by atoms with Crippen molar-refractivity contribution in [3.63, 3.8) is 0 Å². The van der Waals surface area contributed by atoms with Gasteiger partial charge in [-0.25, -0.2) is 0 Å². The van der Waals surface area contributed by atoms with E-state index in [4.69, 9.17) is 16.0 Å². The molecular formula is C11H20O3. The summed E-state index contributed by atoms with van der Waals surface area (Å²) < 4.78 is 18.7. The van der Waals surface area contributed by atoms with Crippen LogP contribution >= 0.6 is 0 Å². The normalized spacial score (nSPS) is 51.7. The van der Waals surface area contributed by atoms with Gasteiger partial charge >= 0.3 is 0 Å². The SMILES string of the molecule is [3H]O[C@@]12CC[C@@H](OC)[C@@H]1O[C@@H](C)C2(C)C. The molecule has 0 amide bonds. The quantitative estimate of drug-likeness (QED) is 0.734. The molecule has 0 bridgehead atoms. The molecule has 1 aliphatic heterocycles. The first-order valence-corrected chi connectivity index (χ1v) is 5.32. The topological polar surface area (TPSA) is 38.7 Å². The second-order valence-corrected chi connectivity index (χ2v) is 5.12. The van der Waals surface area contributed by atoms with E-state index in [-0.39, 0.29) is 23.7 Å². The summed E-state index contributed by atoms with van der Waals surface area (Å²) in [5, 5.41) is 5.09. The molecule has 0 spiro atoms. The third kappa shape index (κ3) is 1.03. The second-order valence-electron chi connectivity index (χ2n) is 5.12. The van der Waals surface area contributed by atoms with Gasteiger partial charge in [-0.15, -0.1) is 0 Å². The minimum atomic E-state index is -0.493. The predicted octanol–water partition coefficient (Wildman–Crippen LogP) is 1.34. The molecule has 1 saturated carbocycles. The number of rotatable bonds is 2. The van der Waals surface area contributed by atoms with Crippen LogP contribution in [0.3, 0.4) is 0 Å². The zero-order chi connectivity index (χ0) is 11.3. The van der Waals surface area contributed by atoms with E-state index in [1.165, 1.54) is 0 Å². The lowest BCUT2D eigenvalue weighted by atomic mass is 9.72. The maximum absolute atomic E-state index is 7.39. The molecule has 0 radical (unpaired) electrons. The van der Waals surface area contributed by atoms with Gasteiger partial charge < -0.3 is 14.6 Å². The van der Waals surface area contributed by atoms with Gasteiger partial charge in [-0.1, -0.05) is 13.8 Å². The highest BCUT2D eigenvalue weighted by Gasteiger charge is 2.64. The van der Waals surface area contributed by atoms with E-state index in [2.05, 4.69) is 13.8 Å².